The second-order valence-electron chi connectivity index (χ2n) is 8.05. The van der Waals surface area contributed by atoms with E-state index in [0.29, 0.717) is 11.6 Å². The first-order chi connectivity index (χ1) is 15.9. The van der Waals surface area contributed by atoms with Crippen molar-refractivity contribution in [3.63, 3.8) is 0 Å². The van der Waals surface area contributed by atoms with Crippen LogP contribution in [-0.4, -0.2) is 27.2 Å². The highest BCUT2D eigenvalue weighted by Crippen LogP contribution is 2.37. The first kappa shape index (κ1) is 22.7. The zero-order valence-corrected chi connectivity index (χ0v) is 18.3. The highest BCUT2D eigenvalue weighted by Gasteiger charge is 2.24. The molecule has 1 amide bonds. The Morgan fingerprint density at radius 2 is 1.82 bits per heavy atom. The number of carboxylic acids is 1. The van der Waals surface area contributed by atoms with Crippen molar-refractivity contribution >= 4 is 40.9 Å². The fourth-order valence-corrected chi connectivity index (χ4v) is 4.21. The van der Waals surface area contributed by atoms with E-state index in [1.165, 1.54) is 18.2 Å². The average molecular weight is 473 g/mol. The number of amides is 1. The molecule has 33 heavy (non-hydrogen) atoms. The molecule has 10 heteroatoms. The summed E-state index contributed by atoms with van der Waals surface area (Å²) < 4.78 is 18.7. The van der Waals surface area contributed by atoms with Crippen LogP contribution < -0.4 is 10.6 Å². The van der Waals surface area contributed by atoms with Crippen LogP contribution in [0, 0.1) is 11.7 Å². The second-order valence-corrected chi connectivity index (χ2v) is 8.46. The van der Waals surface area contributed by atoms with Crippen molar-refractivity contribution in [1.29, 1.82) is 0 Å². The van der Waals surface area contributed by atoms with Gasteiger partial charge in [-0.15, -0.1) is 5.10 Å². The normalized spacial score (nSPS) is 18.0. The molecule has 1 fully saturated rings. The summed E-state index contributed by atoms with van der Waals surface area (Å²) in [4.78, 5) is 23.3. The number of hydrogen-bond donors (Lipinski definition) is 3. The Morgan fingerprint density at radius 3 is 2.52 bits per heavy atom. The molecule has 1 aliphatic rings. The summed E-state index contributed by atoms with van der Waals surface area (Å²) >= 11 is 6.00. The Morgan fingerprint density at radius 1 is 1.09 bits per heavy atom. The number of carbonyl (C=O) groups excluding carboxylic acids is 1. The van der Waals surface area contributed by atoms with E-state index >= 15 is 0 Å². The highest BCUT2D eigenvalue weighted by molar-refractivity contribution is 6.33. The van der Waals surface area contributed by atoms with Crippen LogP contribution in [0.4, 0.5) is 21.8 Å². The molecule has 4 rings (SSSR count). The molecule has 0 atom stereocenters. The predicted octanol–water partition coefficient (Wildman–Crippen LogP) is 5.61. The van der Waals surface area contributed by atoms with Gasteiger partial charge in [0.1, 0.15) is 5.82 Å². The fourth-order valence-electron chi connectivity index (χ4n) is 4.04. The number of aliphatic carboxylic acids is 1. The largest absolute Gasteiger partial charge is 0.481 e. The Hall–Kier alpha value is -3.46. The lowest BCUT2D eigenvalue weighted by atomic mass is 9.77. The van der Waals surface area contributed by atoms with E-state index in [2.05, 4.69) is 20.8 Å². The molecule has 3 aromatic rings. The molecule has 2 aromatic carbocycles. The molecule has 0 saturated heterocycles. The third-order valence-corrected chi connectivity index (χ3v) is 6.07. The summed E-state index contributed by atoms with van der Waals surface area (Å²) in [5, 5.41) is 22.0. The number of benzene rings is 2. The van der Waals surface area contributed by atoms with Crippen LogP contribution in [0.1, 0.15) is 54.3 Å². The summed E-state index contributed by atoms with van der Waals surface area (Å²) in [6.07, 6.45) is 3.96. The number of aromatic nitrogens is 2. The second kappa shape index (κ2) is 9.99. The van der Waals surface area contributed by atoms with E-state index < -0.39 is 17.7 Å². The van der Waals surface area contributed by atoms with Crippen molar-refractivity contribution in [2.75, 3.05) is 10.6 Å². The van der Waals surface area contributed by atoms with Gasteiger partial charge in [-0.3, -0.25) is 9.59 Å². The minimum Gasteiger partial charge on any atom is -0.481 e. The van der Waals surface area contributed by atoms with E-state index in [9.17, 15) is 14.0 Å². The van der Waals surface area contributed by atoms with Gasteiger partial charge in [0.05, 0.1) is 10.7 Å². The molecule has 3 N–H and O–H groups in total. The number of carboxylic acid groups (broad SMARTS) is 1. The van der Waals surface area contributed by atoms with Crippen LogP contribution in [0.25, 0.3) is 0 Å². The molecule has 1 saturated carbocycles. The Labute approximate surface area is 194 Å². The van der Waals surface area contributed by atoms with Crippen LogP contribution in [0.3, 0.4) is 0 Å². The van der Waals surface area contributed by atoms with Crippen LogP contribution >= 0.6 is 11.6 Å². The maximum atomic E-state index is 13.4. The van der Waals surface area contributed by atoms with E-state index in [-0.39, 0.29) is 35.0 Å². The number of anilines is 3. The summed E-state index contributed by atoms with van der Waals surface area (Å²) in [6.45, 7) is 0. The van der Waals surface area contributed by atoms with Crippen LogP contribution in [0.5, 0.6) is 0 Å². The van der Waals surface area contributed by atoms with Crippen molar-refractivity contribution < 1.29 is 23.5 Å². The van der Waals surface area contributed by atoms with E-state index in [0.717, 1.165) is 31.2 Å². The quantitative estimate of drug-likeness (QED) is 0.409. The summed E-state index contributed by atoms with van der Waals surface area (Å²) in [5.74, 6) is -1.42. The fraction of sp³-hybridized carbons (Fsp3) is 0.304. The number of nitrogens with one attached hydrogen (secondary N) is 2. The molecule has 1 aromatic heterocycles. The minimum atomic E-state index is -0.736. The topological polar surface area (TPSA) is 117 Å². The Balaban J connectivity index is 1.33. The SMILES string of the molecule is O=C(O)C[C@H]1CC[C@H](c2ccc(NC(=O)c3nnc(Nc4cc(F)ccc4Cl)o3)cc2)CC1. The van der Waals surface area contributed by atoms with Gasteiger partial charge in [0, 0.05) is 12.1 Å². The predicted molar refractivity (Wildman–Crippen MR) is 120 cm³/mol. The summed E-state index contributed by atoms with van der Waals surface area (Å²) in [5.41, 5.74) is 1.97. The van der Waals surface area contributed by atoms with Crippen LogP contribution in [0.2, 0.25) is 5.02 Å². The first-order valence-electron chi connectivity index (χ1n) is 10.6. The van der Waals surface area contributed by atoms with Crippen LogP contribution in [-0.2, 0) is 4.79 Å². The molecule has 1 aliphatic carbocycles. The van der Waals surface area contributed by atoms with Gasteiger partial charge >= 0.3 is 23.8 Å². The van der Waals surface area contributed by atoms with Gasteiger partial charge in [-0.25, -0.2) is 4.39 Å². The molecule has 0 bridgehead atoms. The number of carbonyl (C=O) groups is 2. The molecule has 8 nitrogen and oxygen atoms in total. The lowest BCUT2D eigenvalue weighted by molar-refractivity contribution is -0.138. The molecule has 0 spiro atoms. The van der Waals surface area contributed by atoms with Gasteiger partial charge < -0.3 is 20.2 Å². The van der Waals surface area contributed by atoms with E-state index in [1.807, 2.05) is 12.1 Å². The Kier molecular flexibility index (Phi) is 6.88. The third kappa shape index (κ3) is 5.87. The van der Waals surface area contributed by atoms with Gasteiger partial charge in [0.15, 0.2) is 0 Å². The van der Waals surface area contributed by atoms with Gasteiger partial charge in [-0.2, -0.15) is 0 Å². The van der Waals surface area contributed by atoms with Crippen molar-refractivity contribution in [2.24, 2.45) is 5.92 Å². The standard InChI is InChI=1S/C23H22ClFN4O4/c24-18-10-7-16(25)12-19(18)27-23-29-28-22(33-23)21(32)26-17-8-5-15(6-9-17)14-3-1-13(2-4-14)11-20(30)31/h5-10,12-14H,1-4,11H2,(H,26,32)(H,27,29)(H,30,31)/t13-,14-. The number of hydrogen-bond acceptors (Lipinski definition) is 6. The highest BCUT2D eigenvalue weighted by atomic mass is 35.5. The van der Waals surface area contributed by atoms with E-state index in [4.69, 9.17) is 21.1 Å². The molecule has 1 heterocycles. The van der Waals surface area contributed by atoms with Gasteiger partial charge in [0.25, 0.3) is 0 Å². The van der Waals surface area contributed by atoms with Gasteiger partial charge in [0.2, 0.25) is 0 Å². The maximum absolute atomic E-state index is 13.4. The third-order valence-electron chi connectivity index (χ3n) is 5.74. The number of nitrogens with zero attached hydrogens (tertiary/aromatic N) is 2. The van der Waals surface area contributed by atoms with Crippen molar-refractivity contribution in [3.05, 3.63) is 64.8 Å². The molecule has 172 valence electrons. The molecular formula is C23H22ClFN4O4. The van der Waals surface area contributed by atoms with Crippen molar-refractivity contribution in [1.82, 2.24) is 10.2 Å². The molecular weight excluding hydrogens is 451 g/mol. The zero-order chi connectivity index (χ0) is 23.4. The lowest BCUT2D eigenvalue weighted by Crippen LogP contribution is -2.16. The smallest absolute Gasteiger partial charge is 0.320 e. The molecule has 0 unspecified atom stereocenters. The van der Waals surface area contributed by atoms with Gasteiger partial charge in [-0.1, -0.05) is 28.8 Å². The zero-order valence-electron chi connectivity index (χ0n) is 17.6. The van der Waals surface area contributed by atoms with Crippen LogP contribution in [0.15, 0.2) is 46.9 Å². The molecule has 0 aliphatic heterocycles. The number of halogens is 2. The summed E-state index contributed by atoms with van der Waals surface area (Å²) in [6, 6.07) is 11.2. The maximum Gasteiger partial charge on any atom is 0.320 e. The minimum absolute atomic E-state index is 0.0958. The van der Waals surface area contributed by atoms with Crippen molar-refractivity contribution in [3.8, 4) is 0 Å². The monoisotopic (exact) mass is 472 g/mol. The first-order valence-corrected chi connectivity index (χ1v) is 10.9. The van der Waals surface area contributed by atoms with Crippen molar-refractivity contribution in [2.45, 2.75) is 38.0 Å². The number of rotatable bonds is 7. The Bertz CT molecular complexity index is 1140. The molecule has 0 radical (unpaired) electrons. The lowest BCUT2D eigenvalue weighted by Gasteiger charge is -2.28. The average Bonchev–Trinajstić information content (AvgIpc) is 3.26. The summed E-state index contributed by atoms with van der Waals surface area (Å²) in [7, 11) is 0. The van der Waals surface area contributed by atoms with Gasteiger partial charge in [-0.05, 0) is 73.4 Å². The van der Waals surface area contributed by atoms with E-state index in [1.54, 1.807) is 12.1 Å².